The first-order chi connectivity index (χ1) is 9.63. The predicted octanol–water partition coefficient (Wildman–Crippen LogP) is 5.01. The molecule has 0 radical (unpaired) electrons. The summed E-state index contributed by atoms with van der Waals surface area (Å²) in [5.41, 5.74) is 4.49. The number of hydrogen-bond acceptors (Lipinski definition) is 1. The highest BCUT2D eigenvalue weighted by Gasteiger charge is 2.11. The molecule has 0 aliphatic rings. The highest BCUT2D eigenvalue weighted by atomic mass is 16.5. The van der Waals surface area contributed by atoms with Crippen LogP contribution in [0.3, 0.4) is 0 Å². The van der Waals surface area contributed by atoms with Gasteiger partial charge in [0.25, 0.3) is 0 Å². The standard InChI is InChI=1S/C19H20O/c1-14(16(3)20-4)18-11-8-12-19(13-18)15(2)17-9-6-5-7-10-17/h5-14H,2-3H2,1,4H3. The molecule has 0 saturated carbocycles. The second-order valence-electron chi connectivity index (χ2n) is 4.86. The summed E-state index contributed by atoms with van der Waals surface area (Å²) in [6.45, 7) is 10.2. The van der Waals surface area contributed by atoms with E-state index in [2.05, 4.69) is 56.5 Å². The van der Waals surface area contributed by atoms with E-state index >= 15 is 0 Å². The zero-order valence-electron chi connectivity index (χ0n) is 12.1. The van der Waals surface area contributed by atoms with E-state index in [0.29, 0.717) is 0 Å². The van der Waals surface area contributed by atoms with Crippen LogP contribution in [0.15, 0.2) is 73.5 Å². The number of ether oxygens (including phenoxy) is 1. The molecule has 0 N–H and O–H groups in total. The van der Waals surface area contributed by atoms with Gasteiger partial charge >= 0.3 is 0 Å². The second kappa shape index (κ2) is 6.25. The van der Waals surface area contributed by atoms with Crippen molar-refractivity contribution in [1.29, 1.82) is 0 Å². The molecule has 1 atom stereocenters. The van der Waals surface area contributed by atoms with Gasteiger partial charge in [-0.15, -0.1) is 0 Å². The maximum absolute atomic E-state index is 5.23. The van der Waals surface area contributed by atoms with Crippen molar-refractivity contribution >= 4 is 5.57 Å². The zero-order chi connectivity index (χ0) is 14.5. The van der Waals surface area contributed by atoms with Gasteiger partial charge in [-0.05, 0) is 22.3 Å². The maximum Gasteiger partial charge on any atom is 0.0955 e. The van der Waals surface area contributed by atoms with Gasteiger partial charge in [-0.1, -0.05) is 74.7 Å². The minimum Gasteiger partial charge on any atom is -0.501 e. The van der Waals surface area contributed by atoms with Crippen LogP contribution in [0, 0.1) is 0 Å². The molecule has 0 heterocycles. The summed E-state index contributed by atoms with van der Waals surface area (Å²) < 4.78 is 5.23. The van der Waals surface area contributed by atoms with Crippen LogP contribution in [-0.2, 0) is 4.74 Å². The fourth-order valence-corrected chi connectivity index (χ4v) is 2.16. The van der Waals surface area contributed by atoms with Crippen LogP contribution in [0.25, 0.3) is 5.57 Å². The minimum absolute atomic E-state index is 0.170. The molecule has 0 amide bonds. The van der Waals surface area contributed by atoms with Gasteiger partial charge in [0.2, 0.25) is 0 Å². The van der Waals surface area contributed by atoms with Gasteiger partial charge in [0.05, 0.1) is 12.9 Å². The lowest BCUT2D eigenvalue weighted by Crippen LogP contribution is -1.99. The fraction of sp³-hybridized carbons (Fsp3) is 0.158. The largest absolute Gasteiger partial charge is 0.501 e. The maximum atomic E-state index is 5.23. The Morgan fingerprint density at radius 1 is 0.950 bits per heavy atom. The van der Waals surface area contributed by atoms with Gasteiger partial charge in [-0.3, -0.25) is 0 Å². The molecule has 102 valence electrons. The first-order valence-corrected chi connectivity index (χ1v) is 6.71. The normalized spacial score (nSPS) is 11.7. The van der Waals surface area contributed by atoms with Crippen molar-refractivity contribution in [2.24, 2.45) is 0 Å². The van der Waals surface area contributed by atoms with Gasteiger partial charge < -0.3 is 4.74 Å². The van der Waals surface area contributed by atoms with E-state index in [1.807, 2.05) is 18.2 Å². The SMILES string of the molecule is C=C(c1ccccc1)c1cccc(C(C)C(=C)OC)c1. The Balaban J connectivity index is 2.31. The lowest BCUT2D eigenvalue weighted by Gasteiger charge is -2.15. The molecule has 1 heteroatoms. The fourth-order valence-electron chi connectivity index (χ4n) is 2.16. The van der Waals surface area contributed by atoms with E-state index in [9.17, 15) is 0 Å². The first-order valence-electron chi connectivity index (χ1n) is 6.71. The smallest absolute Gasteiger partial charge is 0.0955 e. The number of rotatable bonds is 5. The van der Waals surface area contributed by atoms with Gasteiger partial charge in [0.15, 0.2) is 0 Å². The average Bonchev–Trinajstić information content (AvgIpc) is 2.53. The molecule has 0 bridgehead atoms. The van der Waals surface area contributed by atoms with E-state index in [-0.39, 0.29) is 5.92 Å². The van der Waals surface area contributed by atoms with Crippen LogP contribution < -0.4 is 0 Å². The third-order valence-corrected chi connectivity index (χ3v) is 3.60. The highest BCUT2D eigenvalue weighted by Crippen LogP contribution is 2.27. The lowest BCUT2D eigenvalue weighted by atomic mass is 9.93. The summed E-state index contributed by atoms with van der Waals surface area (Å²) in [6.07, 6.45) is 0. The number of hydrogen-bond donors (Lipinski definition) is 0. The minimum atomic E-state index is 0.170. The summed E-state index contributed by atoms with van der Waals surface area (Å²) >= 11 is 0. The van der Waals surface area contributed by atoms with Crippen LogP contribution in [0.4, 0.5) is 0 Å². The van der Waals surface area contributed by atoms with E-state index in [4.69, 9.17) is 4.74 Å². The van der Waals surface area contributed by atoms with Crippen molar-refractivity contribution < 1.29 is 4.74 Å². The highest BCUT2D eigenvalue weighted by molar-refractivity contribution is 5.78. The Bertz CT molecular complexity index is 611. The van der Waals surface area contributed by atoms with Crippen molar-refractivity contribution in [2.75, 3.05) is 7.11 Å². The molecule has 0 saturated heterocycles. The van der Waals surface area contributed by atoms with E-state index < -0.39 is 0 Å². The second-order valence-corrected chi connectivity index (χ2v) is 4.86. The molecule has 0 fully saturated rings. The Morgan fingerprint density at radius 2 is 1.60 bits per heavy atom. The monoisotopic (exact) mass is 264 g/mol. The van der Waals surface area contributed by atoms with Crippen LogP contribution in [-0.4, -0.2) is 7.11 Å². The molecule has 2 aromatic carbocycles. The summed E-state index contributed by atoms with van der Waals surface area (Å²) in [7, 11) is 1.66. The molecule has 1 unspecified atom stereocenters. The van der Waals surface area contributed by atoms with Gasteiger partial charge in [-0.2, -0.15) is 0 Å². The number of allylic oxidation sites excluding steroid dienone is 1. The lowest BCUT2D eigenvalue weighted by molar-refractivity contribution is 0.270. The molecule has 0 aromatic heterocycles. The third-order valence-electron chi connectivity index (χ3n) is 3.60. The number of benzene rings is 2. The molecule has 0 aliphatic carbocycles. The van der Waals surface area contributed by atoms with Gasteiger partial charge in [-0.25, -0.2) is 0 Å². The summed E-state index contributed by atoms with van der Waals surface area (Å²) in [4.78, 5) is 0. The average molecular weight is 264 g/mol. The molecule has 0 aliphatic heterocycles. The van der Waals surface area contributed by atoms with Crippen LogP contribution in [0.2, 0.25) is 0 Å². The molecular weight excluding hydrogens is 244 g/mol. The molecule has 0 spiro atoms. The van der Waals surface area contributed by atoms with Crippen LogP contribution in [0.5, 0.6) is 0 Å². The van der Waals surface area contributed by atoms with Crippen molar-refractivity contribution in [3.8, 4) is 0 Å². The Morgan fingerprint density at radius 3 is 2.25 bits per heavy atom. The number of methoxy groups -OCH3 is 1. The summed E-state index contributed by atoms with van der Waals surface area (Å²) in [5.74, 6) is 0.941. The van der Waals surface area contributed by atoms with E-state index in [1.165, 1.54) is 5.56 Å². The zero-order valence-corrected chi connectivity index (χ0v) is 12.1. The van der Waals surface area contributed by atoms with E-state index in [1.54, 1.807) is 7.11 Å². The molecular formula is C19H20O. The Labute approximate surface area is 121 Å². The van der Waals surface area contributed by atoms with Crippen molar-refractivity contribution in [3.05, 3.63) is 90.2 Å². The van der Waals surface area contributed by atoms with Crippen molar-refractivity contribution in [1.82, 2.24) is 0 Å². The quantitative estimate of drug-likeness (QED) is 0.690. The Kier molecular flexibility index (Phi) is 4.41. The topological polar surface area (TPSA) is 9.23 Å². The van der Waals surface area contributed by atoms with Gasteiger partial charge in [0, 0.05) is 5.92 Å². The molecule has 20 heavy (non-hydrogen) atoms. The van der Waals surface area contributed by atoms with E-state index in [0.717, 1.165) is 22.5 Å². The third kappa shape index (κ3) is 3.00. The van der Waals surface area contributed by atoms with Crippen molar-refractivity contribution in [3.63, 3.8) is 0 Å². The molecule has 2 rings (SSSR count). The van der Waals surface area contributed by atoms with Crippen LogP contribution >= 0.6 is 0 Å². The summed E-state index contributed by atoms with van der Waals surface area (Å²) in [5, 5.41) is 0. The Hall–Kier alpha value is -2.28. The molecule has 1 nitrogen and oxygen atoms in total. The summed E-state index contributed by atoms with van der Waals surface area (Å²) in [6, 6.07) is 18.6. The van der Waals surface area contributed by atoms with Crippen molar-refractivity contribution in [2.45, 2.75) is 12.8 Å². The first kappa shape index (κ1) is 14.1. The van der Waals surface area contributed by atoms with Crippen LogP contribution in [0.1, 0.15) is 29.5 Å². The predicted molar refractivity (Wildman–Crippen MR) is 85.6 cm³/mol. The van der Waals surface area contributed by atoms with Gasteiger partial charge in [0.1, 0.15) is 0 Å². The molecule has 2 aromatic rings.